The van der Waals surface area contributed by atoms with Gasteiger partial charge in [-0.1, -0.05) is 30.3 Å². The van der Waals surface area contributed by atoms with Crippen LogP contribution in [0.15, 0.2) is 30.3 Å². The minimum Gasteiger partial charge on any atom is -0.479 e. The number of hydrogen-bond acceptors (Lipinski definition) is 2. The van der Waals surface area contributed by atoms with E-state index >= 15 is 0 Å². The molecular formula is C14H16F2O3. The van der Waals surface area contributed by atoms with Crippen LogP contribution in [0.5, 0.6) is 0 Å². The molecule has 0 spiro atoms. The fourth-order valence-electron chi connectivity index (χ4n) is 2.75. The molecule has 1 aliphatic carbocycles. The van der Waals surface area contributed by atoms with E-state index in [4.69, 9.17) is 0 Å². The highest BCUT2D eigenvalue weighted by molar-refractivity contribution is 5.79. The normalized spacial score (nSPS) is 25.5. The molecule has 2 N–H and O–H groups in total. The highest BCUT2D eigenvalue weighted by Gasteiger charge is 2.51. The van der Waals surface area contributed by atoms with Gasteiger partial charge < -0.3 is 10.2 Å². The van der Waals surface area contributed by atoms with Crippen molar-refractivity contribution in [3.05, 3.63) is 35.9 Å². The average Bonchev–Trinajstić information content (AvgIpc) is 2.37. The Morgan fingerprint density at radius 1 is 1.32 bits per heavy atom. The third kappa shape index (κ3) is 2.61. The second-order valence-electron chi connectivity index (χ2n) is 5.09. The second kappa shape index (κ2) is 4.89. The van der Waals surface area contributed by atoms with Gasteiger partial charge in [-0.15, -0.1) is 0 Å². The predicted octanol–water partition coefficient (Wildman–Crippen LogP) is 2.78. The number of aliphatic carboxylic acids is 1. The molecular weight excluding hydrogens is 254 g/mol. The summed E-state index contributed by atoms with van der Waals surface area (Å²) in [6.45, 7) is 0. The number of carboxylic acids is 1. The molecule has 104 valence electrons. The highest BCUT2D eigenvalue weighted by atomic mass is 19.3. The molecule has 1 aromatic rings. The molecule has 19 heavy (non-hydrogen) atoms. The molecule has 0 heterocycles. The van der Waals surface area contributed by atoms with Gasteiger partial charge in [0.1, 0.15) is 0 Å². The Morgan fingerprint density at radius 3 is 2.47 bits per heavy atom. The van der Waals surface area contributed by atoms with Gasteiger partial charge >= 0.3 is 5.97 Å². The Labute approximate surface area is 109 Å². The zero-order valence-corrected chi connectivity index (χ0v) is 10.4. The number of carbonyl (C=O) groups is 1. The number of benzene rings is 1. The van der Waals surface area contributed by atoms with Crippen LogP contribution in [0.25, 0.3) is 0 Å². The number of alkyl halides is 2. The molecule has 0 unspecified atom stereocenters. The Kier molecular flexibility index (Phi) is 3.58. The molecule has 0 radical (unpaired) electrons. The maximum Gasteiger partial charge on any atom is 0.340 e. The Balaban J connectivity index is 2.38. The molecule has 0 bridgehead atoms. The summed E-state index contributed by atoms with van der Waals surface area (Å²) in [5, 5.41) is 19.8. The summed E-state index contributed by atoms with van der Waals surface area (Å²) >= 11 is 0. The van der Waals surface area contributed by atoms with E-state index in [1.807, 2.05) is 0 Å². The van der Waals surface area contributed by atoms with Crippen LogP contribution < -0.4 is 0 Å². The van der Waals surface area contributed by atoms with E-state index in [0.29, 0.717) is 0 Å². The summed E-state index contributed by atoms with van der Waals surface area (Å²) in [4.78, 5) is 11.4. The molecule has 3 nitrogen and oxygen atoms in total. The smallest absolute Gasteiger partial charge is 0.340 e. The Bertz CT molecular complexity index is 461. The first-order chi connectivity index (χ1) is 8.86. The largest absolute Gasteiger partial charge is 0.479 e. The summed E-state index contributed by atoms with van der Waals surface area (Å²) in [6, 6.07) is 7.78. The maximum absolute atomic E-state index is 13.5. The van der Waals surface area contributed by atoms with E-state index in [9.17, 15) is 23.8 Å². The summed E-state index contributed by atoms with van der Waals surface area (Å²) in [6.07, 6.45) is -0.327. The molecule has 1 aliphatic rings. The number of rotatable bonds is 3. The molecule has 0 aliphatic heterocycles. The van der Waals surface area contributed by atoms with E-state index in [1.54, 1.807) is 18.2 Å². The second-order valence-corrected chi connectivity index (χ2v) is 5.09. The molecule has 2 atom stereocenters. The lowest BCUT2D eigenvalue weighted by molar-refractivity contribution is -0.175. The van der Waals surface area contributed by atoms with Crippen molar-refractivity contribution < 1.29 is 23.8 Å². The van der Waals surface area contributed by atoms with Crippen LogP contribution in [0.2, 0.25) is 0 Å². The topological polar surface area (TPSA) is 57.5 Å². The van der Waals surface area contributed by atoms with Gasteiger partial charge in [0.15, 0.2) is 5.60 Å². The van der Waals surface area contributed by atoms with Crippen LogP contribution in [-0.2, 0) is 10.4 Å². The van der Waals surface area contributed by atoms with Crippen LogP contribution >= 0.6 is 0 Å². The lowest BCUT2D eigenvalue weighted by Crippen LogP contribution is -2.46. The van der Waals surface area contributed by atoms with Crippen molar-refractivity contribution in [2.24, 2.45) is 5.92 Å². The quantitative estimate of drug-likeness (QED) is 0.888. The van der Waals surface area contributed by atoms with E-state index in [0.717, 1.165) is 0 Å². The average molecular weight is 270 g/mol. The number of halogens is 2. The summed E-state index contributed by atoms with van der Waals surface area (Å²) in [5.41, 5.74) is -2.09. The molecule has 0 amide bonds. The van der Waals surface area contributed by atoms with Gasteiger partial charge in [-0.05, 0) is 18.4 Å². The zero-order valence-electron chi connectivity index (χ0n) is 10.4. The van der Waals surface area contributed by atoms with Gasteiger partial charge in [-0.25, -0.2) is 13.6 Å². The summed E-state index contributed by atoms with van der Waals surface area (Å²) in [7, 11) is 0. The third-order valence-corrected chi connectivity index (χ3v) is 3.77. The van der Waals surface area contributed by atoms with Crippen LogP contribution in [0.1, 0.15) is 31.2 Å². The van der Waals surface area contributed by atoms with Crippen LogP contribution in [-0.4, -0.2) is 22.1 Å². The van der Waals surface area contributed by atoms with Crippen molar-refractivity contribution in [3.63, 3.8) is 0 Å². The fraction of sp³-hybridized carbons (Fsp3) is 0.500. The molecule has 1 fully saturated rings. The van der Waals surface area contributed by atoms with Crippen LogP contribution in [0.3, 0.4) is 0 Å². The Hall–Kier alpha value is -1.49. The third-order valence-electron chi connectivity index (χ3n) is 3.77. The van der Waals surface area contributed by atoms with E-state index in [-0.39, 0.29) is 24.8 Å². The molecule has 0 saturated heterocycles. The summed E-state index contributed by atoms with van der Waals surface area (Å²) in [5.74, 6) is -5.35. The number of aliphatic hydroxyl groups is 1. The Morgan fingerprint density at radius 2 is 1.95 bits per heavy atom. The van der Waals surface area contributed by atoms with E-state index in [2.05, 4.69) is 0 Å². The first-order valence-electron chi connectivity index (χ1n) is 6.25. The first-order valence-corrected chi connectivity index (χ1v) is 6.25. The van der Waals surface area contributed by atoms with Crippen LogP contribution in [0, 0.1) is 5.92 Å². The lowest BCUT2D eigenvalue weighted by Gasteiger charge is -2.38. The van der Waals surface area contributed by atoms with Crippen molar-refractivity contribution >= 4 is 5.97 Å². The van der Waals surface area contributed by atoms with Gasteiger partial charge in [0, 0.05) is 18.8 Å². The lowest BCUT2D eigenvalue weighted by atomic mass is 9.72. The van der Waals surface area contributed by atoms with Crippen LogP contribution in [0.4, 0.5) is 8.78 Å². The van der Waals surface area contributed by atoms with E-state index < -0.39 is 29.8 Å². The van der Waals surface area contributed by atoms with Crippen molar-refractivity contribution in [2.45, 2.75) is 37.2 Å². The fourth-order valence-corrected chi connectivity index (χ4v) is 2.75. The van der Waals surface area contributed by atoms with Gasteiger partial charge in [-0.2, -0.15) is 0 Å². The van der Waals surface area contributed by atoms with Gasteiger partial charge in [0.05, 0.1) is 0 Å². The molecule has 5 heteroatoms. The molecule has 2 rings (SSSR count). The maximum atomic E-state index is 13.5. The van der Waals surface area contributed by atoms with Gasteiger partial charge in [0.25, 0.3) is 0 Å². The van der Waals surface area contributed by atoms with Crippen molar-refractivity contribution in [1.82, 2.24) is 0 Å². The van der Waals surface area contributed by atoms with Crippen molar-refractivity contribution in [3.8, 4) is 0 Å². The van der Waals surface area contributed by atoms with Crippen molar-refractivity contribution in [1.29, 1.82) is 0 Å². The van der Waals surface area contributed by atoms with Crippen molar-refractivity contribution in [2.75, 3.05) is 0 Å². The standard InChI is InChI=1S/C14H16F2O3/c15-13(16)8-4-7-11(9-13)14(19,12(17)18)10-5-2-1-3-6-10/h1-3,5-6,11,19H,4,7-9H2,(H,17,18)/t11-,14-/m0/s1. The highest BCUT2D eigenvalue weighted by Crippen LogP contribution is 2.45. The zero-order chi connectivity index (χ0) is 14.1. The van der Waals surface area contributed by atoms with E-state index in [1.165, 1.54) is 12.1 Å². The van der Waals surface area contributed by atoms with Gasteiger partial charge in [0.2, 0.25) is 5.92 Å². The molecule has 1 aromatic carbocycles. The predicted molar refractivity (Wildman–Crippen MR) is 64.9 cm³/mol. The molecule has 0 aromatic heterocycles. The molecule has 1 saturated carbocycles. The minimum atomic E-state index is -2.90. The van der Waals surface area contributed by atoms with Gasteiger partial charge in [-0.3, -0.25) is 0 Å². The monoisotopic (exact) mass is 270 g/mol. The number of hydrogen-bond donors (Lipinski definition) is 2. The first kappa shape index (κ1) is 13.9. The summed E-state index contributed by atoms with van der Waals surface area (Å²) < 4.78 is 26.9. The number of carboxylic acid groups (broad SMARTS) is 1. The SMILES string of the molecule is O=C(O)[C@](O)(c1ccccc1)[C@H]1CCCC(F)(F)C1. The minimum absolute atomic E-state index is 0.158.